The van der Waals surface area contributed by atoms with Crippen molar-refractivity contribution < 1.29 is 9.53 Å². The van der Waals surface area contributed by atoms with Crippen LogP contribution in [0, 0.1) is 6.92 Å². The van der Waals surface area contributed by atoms with Crippen LogP contribution in [-0.4, -0.2) is 28.4 Å². The Morgan fingerprint density at radius 2 is 1.64 bits per heavy atom. The Balaban J connectivity index is 1.32. The second kappa shape index (κ2) is 11.0. The smallest absolute Gasteiger partial charge is 0.271 e. The van der Waals surface area contributed by atoms with Crippen molar-refractivity contribution in [2.75, 3.05) is 6.54 Å². The van der Waals surface area contributed by atoms with E-state index in [-0.39, 0.29) is 18.0 Å². The molecule has 1 fully saturated rings. The van der Waals surface area contributed by atoms with Crippen LogP contribution < -0.4 is 10.2 Å². The molecule has 3 aromatic carbocycles. The van der Waals surface area contributed by atoms with Gasteiger partial charge in [0.05, 0.1) is 12.1 Å². The summed E-state index contributed by atoms with van der Waals surface area (Å²) in [4.78, 5) is 15.6. The molecule has 3 aromatic rings. The number of amides is 1. The van der Waals surface area contributed by atoms with E-state index in [4.69, 9.17) is 4.74 Å². The van der Waals surface area contributed by atoms with Crippen molar-refractivity contribution in [2.45, 2.75) is 58.2 Å². The van der Waals surface area contributed by atoms with E-state index >= 15 is 0 Å². The molecule has 2 aliphatic heterocycles. The van der Waals surface area contributed by atoms with Crippen molar-refractivity contribution >= 4 is 5.91 Å². The molecule has 2 unspecified atom stereocenters. The van der Waals surface area contributed by atoms with Crippen LogP contribution in [0.2, 0.25) is 0 Å². The maximum Gasteiger partial charge on any atom is 0.271 e. The first-order chi connectivity index (χ1) is 17.6. The predicted octanol–water partition coefficient (Wildman–Crippen LogP) is 6.52. The van der Waals surface area contributed by atoms with Gasteiger partial charge in [-0.2, -0.15) is 0 Å². The summed E-state index contributed by atoms with van der Waals surface area (Å²) in [6, 6.07) is 26.7. The van der Waals surface area contributed by atoms with Crippen LogP contribution in [0.4, 0.5) is 0 Å². The Labute approximate surface area is 214 Å². The van der Waals surface area contributed by atoms with Crippen molar-refractivity contribution in [1.82, 2.24) is 15.3 Å². The quantitative estimate of drug-likeness (QED) is 0.353. The number of hydrogen-bond donors (Lipinski definition) is 1. The number of unbranched alkanes of at least 4 members (excludes halogenated alkanes) is 2. The molecule has 1 amide bonds. The maximum atomic E-state index is 13.6. The first-order valence-electron chi connectivity index (χ1n) is 13.1. The number of carbonyl (C=O) groups excluding carboxylic acids is 1. The molecule has 2 atom stereocenters. The summed E-state index contributed by atoms with van der Waals surface area (Å²) in [6.45, 7) is 5.64. The highest BCUT2D eigenvalue weighted by atomic mass is 16.5. The van der Waals surface area contributed by atoms with Crippen molar-refractivity contribution in [2.24, 2.45) is 0 Å². The summed E-state index contributed by atoms with van der Waals surface area (Å²) in [5.74, 6) is 1.70. The van der Waals surface area contributed by atoms with Crippen molar-refractivity contribution in [1.29, 1.82) is 0 Å². The Morgan fingerprint density at radius 1 is 0.917 bits per heavy atom. The van der Waals surface area contributed by atoms with Gasteiger partial charge in [-0.15, -0.1) is 0 Å². The number of rotatable bonds is 9. The minimum Gasteiger partial charge on any atom is -0.457 e. The highest BCUT2D eigenvalue weighted by Crippen LogP contribution is 2.33. The molecule has 0 spiro atoms. The van der Waals surface area contributed by atoms with E-state index in [2.05, 4.69) is 66.8 Å². The van der Waals surface area contributed by atoms with Crippen molar-refractivity contribution in [3.63, 3.8) is 0 Å². The average Bonchev–Trinajstić information content (AvgIpc) is 3.35. The van der Waals surface area contributed by atoms with Crippen LogP contribution in [0.15, 0.2) is 90.6 Å². The van der Waals surface area contributed by atoms with E-state index in [1.807, 2.05) is 47.4 Å². The molecule has 2 heterocycles. The summed E-state index contributed by atoms with van der Waals surface area (Å²) in [5, 5.41) is 2.15. The number of hydrogen-bond acceptors (Lipinski definition) is 4. The third-order valence-electron chi connectivity index (χ3n) is 7.02. The van der Waals surface area contributed by atoms with Gasteiger partial charge in [-0.1, -0.05) is 86.3 Å². The molecule has 5 nitrogen and oxygen atoms in total. The zero-order valence-corrected chi connectivity index (χ0v) is 21.2. The molecule has 186 valence electrons. The molecule has 1 saturated heterocycles. The van der Waals surface area contributed by atoms with Gasteiger partial charge in [0.2, 0.25) is 0 Å². The second-order valence-corrected chi connectivity index (χ2v) is 9.83. The number of piperazine rings is 1. The number of hydrazine groups is 1. The number of para-hydroxylation sites is 1. The van der Waals surface area contributed by atoms with Gasteiger partial charge in [-0.05, 0) is 54.8 Å². The molecule has 5 heteroatoms. The first-order valence-corrected chi connectivity index (χ1v) is 13.1. The number of nitrogens with one attached hydrogen (secondary N) is 1. The van der Waals surface area contributed by atoms with E-state index in [9.17, 15) is 4.79 Å². The molecule has 5 rings (SSSR count). The molecule has 0 saturated carbocycles. The molecule has 0 aromatic heterocycles. The number of fused-ring (bicyclic) bond motifs is 1. The van der Waals surface area contributed by atoms with Crippen LogP contribution >= 0.6 is 0 Å². The summed E-state index contributed by atoms with van der Waals surface area (Å²) < 4.78 is 5.93. The predicted molar refractivity (Wildman–Crippen MR) is 143 cm³/mol. The van der Waals surface area contributed by atoms with Crippen LogP contribution in [0.25, 0.3) is 0 Å². The molecular formula is C31H35N3O2. The number of carbonyl (C=O) groups is 1. The van der Waals surface area contributed by atoms with E-state index in [1.54, 1.807) is 0 Å². The fourth-order valence-corrected chi connectivity index (χ4v) is 4.99. The lowest BCUT2D eigenvalue weighted by atomic mass is 10.0. The third-order valence-corrected chi connectivity index (χ3v) is 7.02. The Bertz CT molecular complexity index is 1190. The zero-order valence-electron chi connectivity index (χ0n) is 21.2. The number of aryl methyl sites for hydroxylation is 1. The number of benzene rings is 3. The van der Waals surface area contributed by atoms with Gasteiger partial charge in [0.15, 0.2) is 0 Å². The number of ether oxygens (including phenoxy) is 1. The van der Waals surface area contributed by atoms with Crippen LogP contribution in [0.1, 0.15) is 55.3 Å². The molecule has 0 aliphatic carbocycles. The SMILES string of the molecule is CCCCCC1CN(Cc2ccc(Oc3ccccc3)cc2)C(=O)C2=CC(c3ccc(C)cc3)NN21. The van der Waals surface area contributed by atoms with Crippen molar-refractivity contribution in [3.8, 4) is 11.5 Å². The van der Waals surface area contributed by atoms with Gasteiger partial charge < -0.3 is 9.64 Å². The molecule has 1 N–H and O–H groups in total. The monoisotopic (exact) mass is 481 g/mol. The van der Waals surface area contributed by atoms with Gasteiger partial charge in [0.25, 0.3) is 5.91 Å². The third kappa shape index (κ3) is 5.47. The fourth-order valence-electron chi connectivity index (χ4n) is 4.99. The average molecular weight is 482 g/mol. The summed E-state index contributed by atoms with van der Waals surface area (Å²) in [6.07, 6.45) is 6.72. The van der Waals surface area contributed by atoms with Gasteiger partial charge in [0.1, 0.15) is 17.2 Å². The van der Waals surface area contributed by atoms with Crippen LogP contribution in [0.3, 0.4) is 0 Å². The van der Waals surface area contributed by atoms with Crippen LogP contribution in [-0.2, 0) is 11.3 Å². The highest BCUT2D eigenvalue weighted by Gasteiger charge is 2.40. The largest absolute Gasteiger partial charge is 0.457 e. The molecule has 0 bridgehead atoms. The zero-order chi connectivity index (χ0) is 24.9. The van der Waals surface area contributed by atoms with E-state index in [0.29, 0.717) is 6.54 Å². The Morgan fingerprint density at radius 3 is 2.36 bits per heavy atom. The van der Waals surface area contributed by atoms with Gasteiger partial charge in [0, 0.05) is 13.1 Å². The molecular weight excluding hydrogens is 446 g/mol. The van der Waals surface area contributed by atoms with E-state index in [0.717, 1.165) is 42.1 Å². The molecule has 2 aliphatic rings. The van der Waals surface area contributed by atoms with E-state index in [1.165, 1.54) is 24.0 Å². The summed E-state index contributed by atoms with van der Waals surface area (Å²) >= 11 is 0. The highest BCUT2D eigenvalue weighted by molar-refractivity contribution is 5.94. The van der Waals surface area contributed by atoms with Crippen molar-refractivity contribution in [3.05, 3.63) is 107 Å². The van der Waals surface area contributed by atoms with Crippen LogP contribution in [0.5, 0.6) is 11.5 Å². The lowest BCUT2D eigenvalue weighted by Crippen LogP contribution is -2.56. The lowest BCUT2D eigenvalue weighted by molar-refractivity contribution is -0.135. The minimum absolute atomic E-state index is 0.0209. The fraction of sp³-hybridized carbons (Fsp3) is 0.323. The maximum absolute atomic E-state index is 13.6. The molecule has 36 heavy (non-hydrogen) atoms. The normalized spacial score (nSPS) is 19.3. The molecule has 0 radical (unpaired) electrons. The number of nitrogens with zero attached hydrogens (tertiary/aromatic N) is 2. The summed E-state index contributed by atoms with van der Waals surface area (Å²) in [7, 11) is 0. The topological polar surface area (TPSA) is 44.8 Å². The van der Waals surface area contributed by atoms with Gasteiger partial charge in [-0.3, -0.25) is 9.80 Å². The minimum atomic E-state index is 0.0209. The standard InChI is InChI=1S/C31H35N3O2/c1-3-4-6-9-26-22-33(21-24-14-18-28(19-15-24)36-27-10-7-5-8-11-27)31(35)30-20-29(32-34(26)30)25-16-12-23(2)13-17-25/h5,7-8,10-20,26,29,32H,3-4,6,9,21-22H2,1-2H3. The lowest BCUT2D eigenvalue weighted by Gasteiger charge is -2.41. The Hall–Kier alpha value is -3.57. The van der Waals surface area contributed by atoms with Gasteiger partial charge in [-0.25, -0.2) is 5.43 Å². The van der Waals surface area contributed by atoms with E-state index < -0.39 is 0 Å². The van der Waals surface area contributed by atoms with Gasteiger partial charge >= 0.3 is 0 Å². The Kier molecular flexibility index (Phi) is 7.38. The summed E-state index contributed by atoms with van der Waals surface area (Å²) in [5.41, 5.74) is 7.93. The first kappa shape index (κ1) is 24.1. The second-order valence-electron chi connectivity index (χ2n) is 9.83.